The molecule has 1 saturated heterocycles. The first kappa shape index (κ1) is 23.1. The maximum Gasteiger partial charge on any atom is 0.391 e. The van der Waals surface area contributed by atoms with E-state index in [0.717, 1.165) is 28.0 Å². The molecule has 2 aliphatic heterocycles. The van der Waals surface area contributed by atoms with Crippen LogP contribution in [0.2, 0.25) is 0 Å². The van der Waals surface area contributed by atoms with Gasteiger partial charge >= 0.3 is 6.18 Å². The Kier molecular flexibility index (Phi) is 6.63. The maximum absolute atomic E-state index is 12.9. The molecule has 0 radical (unpaired) electrons. The van der Waals surface area contributed by atoms with Crippen LogP contribution < -0.4 is 10.5 Å². The van der Waals surface area contributed by atoms with Gasteiger partial charge < -0.3 is 15.4 Å². The monoisotopic (exact) mass is 459 g/mol. The second kappa shape index (κ2) is 9.45. The molecule has 8 heteroatoms. The summed E-state index contributed by atoms with van der Waals surface area (Å²) in [5.74, 6) is -0.0503. The predicted molar refractivity (Wildman–Crippen MR) is 121 cm³/mol. The maximum atomic E-state index is 12.9. The van der Waals surface area contributed by atoms with Crippen LogP contribution in [-0.4, -0.2) is 41.7 Å². The fourth-order valence-corrected chi connectivity index (χ4v) is 4.53. The Morgan fingerprint density at radius 3 is 2.58 bits per heavy atom. The fourth-order valence-electron chi connectivity index (χ4n) is 4.53. The number of benzene rings is 1. The van der Waals surface area contributed by atoms with Crippen molar-refractivity contribution in [3.05, 3.63) is 53.7 Å². The van der Waals surface area contributed by atoms with Crippen molar-refractivity contribution in [2.75, 3.05) is 25.4 Å². The van der Waals surface area contributed by atoms with E-state index >= 15 is 0 Å². The normalized spacial score (nSPS) is 19.7. The van der Waals surface area contributed by atoms with Crippen molar-refractivity contribution < 1.29 is 22.7 Å². The summed E-state index contributed by atoms with van der Waals surface area (Å²) < 4.78 is 44.7. The zero-order valence-corrected chi connectivity index (χ0v) is 18.6. The molecule has 1 aromatic carbocycles. The first-order chi connectivity index (χ1) is 15.7. The number of halogens is 3. The second-order valence-corrected chi connectivity index (χ2v) is 8.86. The Bertz CT molecular complexity index is 1030. The number of fused-ring (bicyclic) bond motifs is 1. The molecule has 1 unspecified atom stereocenters. The van der Waals surface area contributed by atoms with E-state index in [4.69, 9.17) is 10.5 Å². The number of likely N-dealkylation sites (tertiary alicyclic amines) is 1. The SMILES string of the molecule is CC1Cc2cc(-c3ccc(N)nc3)ccc2OCC=C1CC(=O)N1CCC(C(F)(F)F)CC1. The number of piperidine rings is 1. The molecule has 4 rings (SSSR count). The number of hydrogen-bond acceptors (Lipinski definition) is 4. The lowest BCUT2D eigenvalue weighted by Gasteiger charge is -2.33. The summed E-state index contributed by atoms with van der Waals surface area (Å²) in [6.45, 7) is 2.73. The number of rotatable bonds is 3. The van der Waals surface area contributed by atoms with Crippen LogP contribution in [0.15, 0.2) is 48.2 Å². The minimum atomic E-state index is -4.18. The van der Waals surface area contributed by atoms with Crippen molar-refractivity contribution in [3.8, 4) is 16.9 Å². The van der Waals surface area contributed by atoms with E-state index in [-0.39, 0.29) is 44.2 Å². The number of hydrogen-bond donors (Lipinski definition) is 1. The van der Waals surface area contributed by atoms with Gasteiger partial charge in [0.05, 0.1) is 5.92 Å². The topological polar surface area (TPSA) is 68.5 Å². The number of anilines is 1. The van der Waals surface area contributed by atoms with Gasteiger partial charge in [-0.05, 0) is 66.6 Å². The third kappa shape index (κ3) is 5.49. The molecule has 33 heavy (non-hydrogen) atoms. The Hall–Kier alpha value is -3.03. The molecule has 2 N–H and O–H groups in total. The highest BCUT2D eigenvalue weighted by atomic mass is 19.4. The lowest BCUT2D eigenvalue weighted by molar-refractivity contribution is -0.186. The molecule has 5 nitrogen and oxygen atoms in total. The van der Waals surface area contributed by atoms with E-state index in [1.54, 1.807) is 17.2 Å². The van der Waals surface area contributed by atoms with E-state index < -0.39 is 12.1 Å². The average Bonchev–Trinajstić information content (AvgIpc) is 2.78. The van der Waals surface area contributed by atoms with Gasteiger partial charge in [-0.3, -0.25) is 4.79 Å². The van der Waals surface area contributed by atoms with E-state index in [2.05, 4.69) is 18.0 Å². The van der Waals surface area contributed by atoms with Crippen LogP contribution in [0.25, 0.3) is 11.1 Å². The number of carbonyl (C=O) groups is 1. The molecule has 1 aromatic heterocycles. The van der Waals surface area contributed by atoms with Crippen LogP contribution in [0.1, 0.15) is 31.7 Å². The Morgan fingerprint density at radius 2 is 1.91 bits per heavy atom. The van der Waals surface area contributed by atoms with Gasteiger partial charge in [0.25, 0.3) is 0 Å². The summed E-state index contributed by atoms with van der Waals surface area (Å²) in [5.41, 5.74) is 9.65. The molecule has 2 aromatic rings. The van der Waals surface area contributed by atoms with Crippen molar-refractivity contribution in [1.29, 1.82) is 0 Å². The fraction of sp³-hybridized carbons (Fsp3) is 0.440. The van der Waals surface area contributed by atoms with Crippen molar-refractivity contribution in [3.63, 3.8) is 0 Å². The molecule has 0 spiro atoms. The minimum Gasteiger partial charge on any atom is -0.489 e. The van der Waals surface area contributed by atoms with Crippen molar-refractivity contribution in [2.45, 2.75) is 38.8 Å². The molecule has 0 saturated carbocycles. The summed E-state index contributed by atoms with van der Waals surface area (Å²) in [6.07, 6.45) is 0.338. The molecule has 1 amide bonds. The quantitative estimate of drug-likeness (QED) is 0.655. The number of nitrogens with zero attached hydrogens (tertiary/aromatic N) is 2. The number of pyridine rings is 1. The molecular weight excluding hydrogens is 431 g/mol. The Balaban J connectivity index is 1.42. The van der Waals surface area contributed by atoms with Gasteiger partial charge in [0.1, 0.15) is 18.2 Å². The van der Waals surface area contributed by atoms with E-state index in [0.29, 0.717) is 18.8 Å². The highest BCUT2D eigenvalue weighted by molar-refractivity contribution is 5.79. The standard InChI is InChI=1S/C25H28F3N3O2/c1-16-12-20-13-18(19-3-5-23(29)30-15-19)2-4-22(20)33-11-8-17(16)14-24(32)31-9-6-21(7-10-31)25(26,27)28/h2-5,8,13,15-16,21H,6-7,9-12,14H2,1H3,(H2,29,30). The van der Waals surface area contributed by atoms with Crippen molar-refractivity contribution in [1.82, 2.24) is 9.88 Å². The first-order valence-electron chi connectivity index (χ1n) is 11.2. The third-order valence-corrected chi connectivity index (χ3v) is 6.59. The second-order valence-electron chi connectivity index (χ2n) is 8.86. The molecule has 3 heterocycles. The number of nitrogens with two attached hydrogens (primary N) is 1. The zero-order valence-electron chi connectivity index (χ0n) is 18.6. The van der Waals surface area contributed by atoms with Crippen LogP contribution >= 0.6 is 0 Å². The smallest absolute Gasteiger partial charge is 0.391 e. The van der Waals surface area contributed by atoms with Gasteiger partial charge in [0.2, 0.25) is 5.91 Å². The molecule has 176 valence electrons. The molecule has 0 aliphatic carbocycles. The van der Waals surface area contributed by atoms with Crippen molar-refractivity contribution in [2.24, 2.45) is 11.8 Å². The number of carbonyl (C=O) groups excluding carboxylic acids is 1. The van der Waals surface area contributed by atoms with Gasteiger partial charge in [0.15, 0.2) is 0 Å². The summed E-state index contributed by atoms with van der Waals surface area (Å²) in [4.78, 5) is 18.5. The van der Waals surface area contributed by atoms with Gasteiger partial charge in [0, 0.05) is 31.3 Å². The summed E-state index contributed by atoms with van der Waals surface area (Å²) in [7, 11) is 0. The molecular formula is C25H28F3N3O2. The Morgan fingerprint density at radius 1 is 1.18 bits per heavy atom. The lowest BCUT2D eigenvalue weighted by Crippen LogP contribution is -2.42. The highest BCUT2D eigenvalue weighted by Crippen LogP contribution is 2.35. The number of amides is 1. The van der Waals surface area contributed by atoms with Crippen LogP contribution in [0.3, 0.4) is 0 Å². The molecule has 1 fully saturated rings. The first-order valence-corrected chi connectivity index (χ1v) is 11.2. The average molecular weight is 460 g/mol. The van der Waals surface area contributed by atoms with Crippen LogP contribution in [0.5, 0.6) is 5.75 Å². The Labute approximate surface area is 191 Å². The largest absolute Gasteiger partial charge is 0.489 e. The van der Waals surface area contributed by atoms with E-state index in [9.17, 15) is 18.0 Å². The van der Waals surface area contributed by atoms with Crippen LogP contribution in [0, 0.1) is 11.8 Å². The number of alkyl halides is 3. The number of aromatic nitrogens is 1. The van der Waals surface area contributed by atoms with E-state index in [1.165, 1.54) is 0 Å². The summed E-state index contributed by atoms with van der Waals surface area (Å²) >= 11 is 0. The van der Waals surface area contributed by atoms with Gasteiger partial charge in [-0.15, -0.1) is 0 Å². The van der Waals surface area contributed by atoms with Crippen LogP contribution in [-0.2, 0) is 11.2 Å². The van der Waals surface area contributed by atoms with Gasteiger partial charge in [-0.1, -0.05) is 18.6 Å². The molecule has 1 atom stereocenters. The summed E-state index contributed by atoms with van der Waals surface area (Å²) in [6, 6.07) is 9.68. The molecule has 0 bridgehead atoms. The molecule has 2 aliphatic rings. The van der Waals surface area contributed by atoms with Gasteiger partial charge in [-0.25, -0.2) is 4.98 Å². The predicted octanol–water partition coefficient (Wildman–Crippen LogP) is 5.02. The number of ether oxygens (including phenoxy) is 1. The lowest BCUT2D eigenvalue weighted by atomic mass is 9.88. The minimum absolute atomic E-state index is 0.0247. The van der Waals surface area contributed by atoms with Crippen molar-refractivity contribution >= 4 is 11.7 Å². The zero-order chi connectivity index (χ0) is 23.6. The van der Waals surface area contributed by atoms with Crippen LogP contribution in [0.4, 0.5) is 19.0 Å². The number of nitrogen functional groups attached to an aromatic ring is 1. The highest BCUT2D eigenvalue weighted by Gasteiger charge is 2.41. The third-order valence-electron chi connectivity index (χ3n) is 6.59. The van der Waals surface area contributed by atoms with Gasteiger partial charge in [-0.2, -0.15) is 13.2 Å². The summed E-state index contributed by atoms with van der Waals surface area (Å²) in [5, 5.41) is 0. The van der Waals surface area contributed by atoms with E-state index in [1.807, 2.05) is 24.3 Å².